The first-order valence-corrected chi connectivity index (χ1v) is 7.38. The number of carbonyl (C=O) groups is 3. The third-order valence-electron chi connectivity index (χ3n) is 2.90. The number of carbonyl (C=O) groups excluding carboxylic acids is 2. The Hall–Kier alpha value is -2.00. The van der Waals surface area contributed by atoms with Gasteiger partial charge in [-0.1, -0.05) is 0 Å². The molecule has 1 rings (SSSR count). The van der Waals surface area contributed by atoms with Gasteiger partial charge in [0, 0.05) is 17.4 Å². The van der Waals surface area contributed by atoms with Gasteiger partial charge in [0.2, 0.25) is 5.91 Å². The molecule has 1 aromatic carbocycles. The smallest absolute Gasteiger partial charge is 0.337 e. The summed E-state index contributed by atoms with van der Waals surface area (Å²) in [7, 11) is 0. The van der Waals surface area contributed by atoms with Gasteiger partial charge in [-0.25, -0.2) is 9.18 Å². The van der Waals surface area contributed by atoms with Crippen LogP contribution in [0.3, 0.4) is 0 Å². The maximum Gasteiger partial charge on any atom is 0.337 e. The molecule has 0 saturated carbocycles. The van der Waals surface area contributed by atoms with Crippen molar-refractivity contribution in [3.05, 3.63) is 34.1 Å². The standard InChI is InChI=1S/C14H16BrFN2O5/c1-14(23,13(21)22)7-18-11(19)4-5-17-12(20)9-6-8(16)2-3-10(9)15/h2-3,6,23H,4-5,7H2,1H3,(H,17,20)(H,18,19)(H,21,22). The molecule has 4 N–H and O–H groups in total. The third-order valence-corrected chi connectivity index (χ3v) is 3.59. The molecule has 1 aromatic rings. The number of rotatable bonds is 7. The van der Waals surface area contributed by atoms with E-state index in [1.54, 1.807) is 0 Å². The molecule has 0 aliphatic carbocycles. The Morgan fingerprint density at radius 1 is 1.30 bits per heavy atom. The van der Waals surface area contributed by atoms with Crippen molar-refractivity contribution in [2.75, 3.05) is 13.1 Å². The molecule has 0 fully saturated rings. The van der Waals surface area contributed by atoms with Gasteiger partial charge in [0.05, 0.1) is 12.1 Å². The minimum Gasteiger partial charge on any atom is -0.479 e. The van der Waals surface area contributed by atoms with Crippen LogP contribution in [0.5, 0.6) is 0 Å². The second-order valence-corrected chi connectivity index (χ2v) is 5.84. The monoisotopic (exact) mass is 390 g/mol. The van der Waals surface area contributed by atoms with Crippen LogP contribution in [-0.4, -0.2) is 46.7 Å². The number of aliphatic carboxylic acids is 1. The van der Waals surface area contributed by atoms with Crippen molar-refractivity contribution in [1.82, 2.24) is 10.6 Å². The second kappa shape index (κ2) is 8.02. The lowest BCUT2D eigenvalue weighted by atomic mass is 10.1. The topological polar surface area (TPSA) is 116 Å². The normalized spacial score (nSPS) is 13.0. The van der Waals surface area contributed by atoms with Gasteiger partial charge >= 0.3 is 5.97 Å². The molecular formula is C14H16BrFN2O5. The third kappa shape index (κ3) is 5.95. The SMILES string of the molecule is CC(O)(CNC(=O)CCNC(=O)c1cc(F)ccc1Br)C(=O)O. The van der Waals surface area contributed by atoms with Crippen LogP contribution in [0.1, 0.15) is 23.7 Å². The Balaban J connectivity index is 2.42. The van der Waals surface area contributed by atoms with Crippen molar-refractivity contribution in [1.29, 1.82) is 0 Å². The molecule has 2 amide bonds. The zero-order valence-corrected chi connectivity index (χ0v) is 13.8. The van der Waals surface area contributed by atoms with Crippen LogP contribution >= 0.6 is 15.9 Å². The second-order valence-electron chi connectivity index (χ2n) is 4.99. The summed E-state index contributed by atoms with van der Waals surface area (Å²) in [4.78, 5) is 34.0. The van der Waals surface area contributed by atoms with Gasteiger partial charge < -0.3 is 20.8 Å². The van der Waals surface area contributed by atoms with Gasteiger partial charge in [-0.15, -0.1) is 0 Å². The van der Waals surface area contributed by atoms with E-state index in [1.165, 1.54) is 12.1 Å². The number of hydrogen-bond acceptors (Lipinski definition) is 4. The Morgan fingerprint density at radius 3 is 2.57 bits per heavy atom. The van der Waals surface area contributed by atoms with E-state index in [0.29, 0.717) is 4.47 Å². The van der Waals surface area contributed by atoms with Crippen molar-refractivity contribution < 1.29 is 29.0 Å². The minimum absolute atomic E-state index is 0.0250. The van der Waals surface area contributed by atoms with Crippen molar-refractivity contribution in [2.24, 2.45) is 0 Å². The molecule has 23 heavy (non-hydrogen) atoms. The van der Waals surface area contributed by atoms with Crippen molar-refractivity contribution in [3.63, 3.8) is 0 Å². The van der Waals surface area contributed by atoms with Crippen LogP contribution in [0.2, 0.25) is 0 Å². The molecule has 0 heterocycles. The quantitative estimate of drug-likeness (QED) is 0.545. The number of aliphatic hydroxyl groups is 1. The van der Waals surface area contributed by atoms with Crippen molar-refractivity contribution in [2.45, 2.75) is 18.9 Å². The van der Waals surface area contributed by atoms with E-state index in [2.05, 4.69) is 26.6 Å². The molecule has 1 atom stereocenters. The lowest BCUT2D eigenvalue weighted by Gasteiger charge is -2.18. The van der Waals surface area contributed by atoms with Crippen LogP contribution in [0, 0.1) is 5.82 Å². The van der Waals surface area contributed by atoms with E-state index in [9.17, 15) is 23.9 Å². The predicted molar refractivity (Wildman–Crippen MR) is 82.3 cm³/mol. The van der Waals surface area contributed by atoms with E-state index in [0.717, 1.165) is 13.0 Å². The van der Waals surface area contributed by atoms with Crippen LogP contribution in [-0.2, 0) is 9.59 Å². The maximum atomic E-state index is 13.1. The Bertz CT molecular complexity index is 621. The molecule has 0 radical (unpaired) electrons. The number of benzene rings is 1. The zero-order chi connectivity index (χ0) is 17.6. The minimum atomic E-state index is -2.06. The van der Waals surface area contributed by atoms with E-state index in [-0.39, 0.29) is 18.5 Å². The lowest BCUT2D eigenvalue weighted by Crippen LogP contribution is -2.47. The average Bonchev–Trinajstić information content (AvgIpc) is 2.47. The lowest BCUT2D eigenvalue weighted by molar-refractivity contribution is -0.156. The molecule has 0 spiro atoms. The summed E-state index contributed by atoms with van der Waals surface area (Å²) >= 11 is 3.12. The summed E-state index contributed by atoms with van der Waals surface area (Å²) in [5.74, 6) is -3.11. The summed E-state index contributed by atoms with van der Waals surface area (Å²) in [6.07, 6.45) is -0.117. The summed E-state index contributed by atoms with van der Waals surface area (Å²) in [6.45, 7) is 0.576. The van der Waals surface area contributed by atoms with Gasteiger partial charge in [-0.2, -0.15) is 0 Å². The summed E-state index contributed by atoms with van der Waals surface area (Å²) in [5.41, 5.74) is -1.97. The highest BCUT2D eigenvalue weighted by atomic mass is 79.9. The maximum absolute atomic E-state index is 13.1. The van der Waals surface area contributed by atoms with Crippen molar-refractivity contribution >= 4 is 33.7 Å². The van der Waals surface area contributed by atoms with Crippen LogP contribution < -0.4 is 10.6 Å². The van der Waals surface area contributed by atoms with Gasteiger partial charge in [-0.05, 0) is 41.1 Å². The molecule has 1 unspecified atom stereocenters. The van der Waals surface area contributed by atoms with Crippen molar-refractivity contribution in [3.8, 4) is 0 Å². The first-order valence-electron chi connectivity index (χ1n) is 6.59. The fraction of sp³-hybridized carbons (Fsp3) is 0.357. The van der Waals surface area contributed by atoms with Gasteiger partial charge in [0.25, 0.3) is 5.91 Å². The highest BCUT2D eigenvalue weighted by Crippen LogP contribution is 2.17. The number of carboxylic acid groups (broad SMARTS) is 1. The summed E-state index contributed by atoms with van der Waals surface area (Å²) < 4.78 is 13.5. The number of nitrogens with one attached hydrogen (secondary N) is 2. The molecular weight excluding hydrogens is 375 g/mol. The molecule has 0 aliphatic heterocycles. The Labute approximate surface area is 140 Å². The number of halogens is 2. The Kier molecular flexibility index (Phi) is 6.64. The van der Waals surface area contributed by atoms with E-state index >= 15 is 0 Å². The Morgan fingerprint density at radius 2 is 1.96 bits per heavy atom. The average molecular weight is 391 g/mol. The first-order chi connectivity index (χ1) is 10.6. The largest absolute Gasteiger partial charge is 0.479 e. The molecule has 0 aliphatic rings. The molecule has 126 valence electrons. The molecule has 0 saturated heterocycles. The van der Waals surface area contributed by atoms with Gasteiger partial charge in [-0.3, -0.25) is 9.59 Å². The number of hydrogen-bond donors (Lipinski definition) is 4. The summed E-state index contributed by atoms with van der Waals surface area (Å²) in [6, 6.07) is 3.65. The highest BCUT2D eigenvalue weighted by molar-refractivity contribution is 9.10. The fourth-order valence-corrected chi connectivity index (χ4v) is 1.92. The molecule has 0 bridgehead atoms. The van der Waals surface area contributed by atoms with E-state index < -0.39 is 35.7 Å². The molecule has 7 nitrogen and oxygen atoms in total. The number of carboxylic acids is 1. The molecule has 0 aromatic heterocycles. The number of amides is 2. The van der Waals surface area contributed by atoms with Crippen LogP contribution in [0.15, 0.2) is 22.7 Å². The summed E-state index contributed by atoms with van der Waals surface area (Å²) in [5, 5.41) is 22.8. The van der Waals surface area contributed by atoms with Gasteiger partial charge in [0.15, 0.2) is 5.60 Å². The highest BCUT2D eigenvalue weighted by Gasteiger charge is 2.30. The fourth-order valence-electron chi connectivity index (χ4n) is 1.49. The predicted octanol–water partition coefficient (Wildman–Crippen LogP) is 0.660. The molecule has 9 heteroatoms. The van der Waals surface area contributed by atoms with Gasteiger partial charge in [0.1, 0.15) is 5.82 Å². The zero-order valence-electron chi connectivity index (χ0n) is 12.2. The van der Waals surface area contributed by atoms with Crippen LogP contribution in [0.4, 0.5) is 4.39 Å². The van der Waals surface area contributed by atoms with E-state index in [4.69, 9.17) is 5.11 Å². The first kappa shape index (κ1) is 19.0. The van der Waals surface area contributed by atoms with E-state index in [1.807, 2.05) is 0 Å². The van der Waals surface area contributed by atoms with Crippen LogP contribution in [0.25, 0.3) is 0 Å².